The van der Waals surface area contributed by atoms with Gasteiger partial charge < -0.3 is 5.11 Å². The van der Waals surface area contributed by atoms with Crippen LogP contribution in [0.2, 0.25) is 0 Å². The topological polar surface area (TPSA) is 37.3 Å². The molecule has 0 spiro atoms. The van der Waals surface area contributed by atoms with E-state index < -0.39 is 5.97 Å². The van der Waals surface area contributed by atoms with Crippen LogP contribution in [0.15, 0.2) is 48.6 Å². The van der Waals surface area contributed by atoms with Gasteiger partial charge in [0.2, 0.25) is 0 Å². The van der Waals surface area contributed by atoms with Crippen molar-refractivity contribution in [2.45, 2.75) is 245 Å². The second-order valence-corrected chi connectivity index (χ2v) is 15.3. The number of carboxylic acid groups (broad SMARTS) is 1. The summed E-state index contributed by atoms with van der Waals surface area (Å²) in [6.45, 7) is 4.55. The maximum atomic E-state index is 11.7. The zero-order chi connectivity index (χ0) is 36.3. The molecule has 0 fully saturated rings. The van der Waals surface area contributed by atoms with Crippen LogP contribution in [0.1, 0.15) is 245 Å². The Kier molecular flexibility index (Phi) is 42.2. The number of unbranched alkanes of at least 4 members (excludes halogenated alkanes) is 28. The Morgan fingerprint density at radius 1 is 0.360 bits per heavy atom. The third kappa shape index (κ3) is 40.9. The molecule has 0 aromatic carbocycles. The first-order valence-electron chi connectivity index (χ1n) is 22.5. The number of rotatable bonds is 41. The molecule has 0 aliphatic heterocycles. The summed E-state index contributed by atoms with van der Waals surface area (Å²) in [4.78, 5) is 11.7. The largest absolute Gasteiger partial charge is 0.481 e. The van der Waals surface area contributed by atoms with Crippen LogP contribution in [0, 0.1) is 5.92 Å². The molecule has 1 N–H and O–H groups in total. The fourth-order valence-electron chi connectivity index (χ4n) is 6.96. The molecule has 0 saturated heterocycles. The van der Waals surface area contributed by atoms with Crippen molar-refractivity contribution >= 4 is 5.97 Å². The second-order valence-electron chi connectivity index (χ2n) is 15.3. The van der Waals surface area contributed by atoms with Gasteiger partial charge in [-0.2, -0.15) is 0 Å². The van der Waals surface area contributed by atoms with Gasteiger partial charge in [-0.3, -0.25) is 4.79 Å². The van der Waals surface area contributed by atoms with Gasteiger partial charge in [0.05, 0.1) is 5.92 Å². The molecule has 2 nitrogen and oxygen atoms in total. The second kappa shape index (κ2) is 43.6. The Bertz CT molecular complexity index is 775. The molecule has 0 amide bonds. The van der Waals surface area contributed by atoms with Crippen molar-refractivity contribution < 1.29 is 9.90 Å². The number of hydrogen-bond donors (Lipinski definition) is 1. The molecule has 0 bridgehead atoms. The summed E-state index contributed by atoms with van der Waals surface area (Å²) >= 11 is 0. The van der Waals surface area contributed by atoms with E-state index in [-0.39, 0.29) is 5.92 Å². The van der Waals surface area contributed by atoms with Crippen molar-refractivity contribution in [3.63, 3.8) is 0 Å². The van der Waals surface area contributed by atoms with Gasteiger partial charge in [-0.05, 0) is 51.4 Å². The van der Waals surface area contributed by atoms with Gasteiger partial charge in [0.25, 0.3) is 0 Å². The Morgan fingerprint density at radius 3 is 0.980 bits per heavy atom. The minimum Gasteiger partial charge on any atom is -0.481 e. The smallest absolute Gasteiger partial charge is 0.306 e. The third-order valence-corrected chi connectivity index (χ3v) is 10.4. The number of allylic oxidation sites excluding steroid dienone is 8. The highest BCUT2D eigenvalue weighted by molar-refractivity contribution is 5.69. The van der Waals surface area contributed by atoms with Crippen LogP contribution in [0.5, 0.6) is 0 Å². The monoisotopic (exact) mass is 697 g/mol. The minimum atomic E-state index is -0.611. The molecule has 0 saturated carbocycles. The van der Waals surface area contributed by atoms with E-state index in [2.05, 4.69) is 62.5 Å². The van der Waals surface area contributed by atoms with Gasteiger partial charge in [0.1, 0.15) is 0 Å². The Balaban J connectivity index is 3.45. The van der Waals surface area contributed by atoms with Crippen LogP contribution in [-0.4, -0.2) is 11.1 Å². The van der Waals surface area contributed by atoms with E-state index >= 15 is 0 Å². The highest BCUT2D eigenvalue weighted by Gasteiger charge is 2.15. The van der Waals surface area contributed by atoms with Crippen molar-refractivity contribution in [3.8, 4) is 0 Å². The highest BCUT2D eigenvalue weighted by atomic mass is 16.4. The summed E-state index contributed by atoms with van der Waals surface area (Å²) in [6.07, 6.45) is 64.9. The van der Waals surface area contributed by atoms with Crippen molar-refractivity contribution in [3.05, 3.63) is 48.6 Å². The quantitative estimate of drug-likeness (QED) is 0.0510. The van der Waals surface area contributed by atoms with Gasteiger partial charge in [0, 0.05) is 0 Å². The van der Waals surface area contributed by atoms with E-state index in [0.29, 0.717) is 0 Å². The van der Waals surface area contributed by atoms with Gasteiger partial charge in [0.15, 0.2) is 0 Å². The molecule has 2 heteroatoms. The molecule has 0 aromatic heterocycles. The van der Waals surface area contributed by atoms with E-state index in [1.807, 2.05) is 0 Å². The molecule has 1 unspecified atom stereocenters. The molecule has 1 atom stereocenters. The Morgan fingerprint density at radius 2 is 0.640 bits per heavy atom. The van der Waals surface area contributed by atoms with E-state index in [4.69, 9.17) is 0 Å². The van der Waals surface area contributed by atoms with E-state index in [1.165, 1.54) is 186 Å². The first-order valence-corrected chi connectivity index (χ1v) is 22.5. The lowest BCUT2D eigenvalue weighted by molar-refractivity contribution is -0.142. The van der Waals surface area contributed by atoms with Crippen molar-refractivity contribution in [1.82, 2.24) is 0 Å². The van der Waals surface area contributed by atoms with Crippen LogP contribution in [0.4, 0.5) is 0 Å². The Hall–Kier alpha value is -1.57. The molecule has 292 valence electrons. The summed E-state index contributed by atoms with van der Waals surface area (Å²) < 4.78 is 0. The average Bonchev–Trinajstić information content (AvgIpc) is 3.11. The van der Waals surface area contributed by atoms with E-state index in [1.54, 1.807) is 0 Å². The molecule has 0 aliphatic rings. The fourth-order valence-corrected chi connectivity index (χ4v) is 6.96. The van der Waals surface area contributed by atoms with Crippen LogP contribution in [-0.2, 0) is 4.79 Å². The standard InChI is InChI=1S/C48H88O2/c1-3-5-7-9-11-13-15-17-19-21-22-23-24-25-26-27-28-29-30-32-34-36-38-40-42-44-46-47(48(49)50)45-43-41-39-37-35-33-31-20-18-16-14-12-10-8-6-4-2/h12,14,18,20,33,35,39,41,47H,3-11,13,15-17,19,21-32,34,36-38,40,42-46H2,1-2H3,(H,49,50)/b14-12-,20-18-,35-33-,41-39-. The van der Waals surface area contributed by atoms with E-state index in [9.17, 15) is 9.90 Å². The van der Waals surface area contributed by atoms with Gasteiger partial charge in [-0.1, -0.05) is 242 Å². The van der Waals surface area contributed by atoms with E-state index in [0.717, 1.165) is 44.9 Å². The summed E-state index contributed by atoms with van der Waals surface area (Å²) in [7, 11) is 0. The molecular weight excluding hydrogens is 609 g/mol. The number of carbonyl (C=O) groups is 1. The lowest BCUT2D eigenvalue weighted by Crippen LogP contribution is -2.13. The predicted molar refractivity (Wildman–Crippen MR) is 225 cm³/mol. The number of hydrogen-bond acceptors (Lipinski definition) is 1. The Labute approximate surface area is 314 Å². The molecule has 0 heterocycles. The summed E-state index contributed by atoms with van der Waals surface area (Å²) in [5.41, 5.74) is 0. The predicted octanol–water partition coefficient (Wildman–Crippen LogP) is 17.0. The zero-order valence-electron chi connectivity index (χ0n) is 34.0. The SMILES string of the molecule is CCCCC/C=C\C/C=C\C/C=C\C/C=C\CCC(CCCCCCCCCCCCCCCCCCCCCCCCCCCC)C(=O)O. The van der Waals surface area contributed by atoms with Crippen LogP contribution >= 0.6 is 0 Å². The van der Waals surface area contributed by atoms with Crippen molar-refractivity contribution in [2.75, 3.05) is 0 Å². The molecule has 0 radical (unpaired) electrons. The normalized spacial score (nSPS) is 12.8. The summed E-state index contributed by atoms with van der Waals surface area (Å²) in [6, 6.07) is 0. The van der Waals surface area contributed by atoms with Crippen LogP contribution < -0.4 is 0 Å². The minimum absolute atomic E-state index is 0.185. The van der Waals surface area contributed by atoms with Gasteiger partial charge >= 0.3 is 5.97 Å². The zero-order valence-corrected chi connectivity index (χ0v) is 34.0. The maximum absolute atomic E-state index is 11.7. The fraction of sp³-hybridized carbons (Fsp3) is 0.812. The molecule has 0 rings (SSSR count). The van der Waals surface area contributed by atoms with Crippen LogP contribution in [0.25, 0.3) is 0 Å². The highest BCUT2D eigenvalue weighted by Crippen LogP contribution is 2.19. The lowest BCUT2D eigenvalue weighted by atomic mass is 9.95. The number of aliphatic carboxylic acids is 1. The molecule has 0 aliphatic carbocycles. The molecule has 50 heavy (non-hydrogen) atoms. The number of carboxylic acids is 1. The van der Waals surface area contributed by atoms with Crippen molar-refractivity contribution in [1.29, 1.82) is 0 Å². The lowest BCUT2D eigenvalue weighted by Gasteiger charge is -2.10. The molecular formula is C48H88O2. The van der Waals surface area contributed by atoms with Crippen molar-refractivity contribution in [2.24, 2.45) is 5.92 Å². The summed E-state index contributed by atoms with van der Waals surface area (Å²) in [5.74, 6) is -0.795. The molecule has 0 aromatic rings. The first-order chi connectivity index (χ1) is 24.7. The summed E-state index contributed by atoms with van der Waals surface area (Å²) in [5, 5.41) is 9.65. The van der Waals surface area contributed by atoms with Gasteiger partial charge in [-0.15, -0.1) is 0 Å². The van der Waals surface area contributed by atoms with Crippen LogP contribution in [0.3, 0.4) is 0 Å². The average molecular weight is 697 g/mol. The maximum Gasteiger partial charge on any atom is 0.306 e. The first kappa shape index (κ1) is 48.4. The third-order valence-electron chi connectivity index (χ3n) is 10.4. The van der Waals surface area contributed by atoms with Gasteiger partial charge in [-0.25, -0.2) is 0 Å².